The first kappa shape index (κ1) is 24.0. The number of nitrogens with one attached hydrogen (secondary N) is 1. The molecule has 0 bridgehead atoms. The molecule has 1 N–H and O–H groups in total. The summed E-state index contributed by atoms with van der Waals surface area (Å²) in [5.74, 6) is -1.18. The van der Waals surface area contributed by atoms with Crippen molar-refractivity contribution in [2.75, 3.05) is 17.5 Å². The summed E-state index contributed by atoms with van der Waals surface area (Å²) < 4.78 is 33.5. The fraction of sp³-hybridized carbons (Fsp3) is 0.200. The van der Waals surface area contributed by atoms with Crippen molar-refractivity contribution in [2.24, 2.45) is 0 Å². The lowest BCUT2D eigenvalue weighted by molar-refractivity contribution is -0.124. The van der Waals surface area contributed by atoms with Crippen LogP contribution in [-0.4, -0.2) is 33.4 Å². The Bertz CT molecular complexity index is 1180. The van der Waals surface area contributed by atoms with E-state index >= 15 is 0 Å². The molecule has 8 heteroatoms. The molecule has 7 nitrogen and oxygen atoms in total. The van der Waals surface area contributed by atoms with Crippen LogP contribution in [0.5, 0.6) is 0 Å². The molecule has 0 spiro atoms. The van der Waals surface area contributed by atoms with Gasteiger partial charge in [0.05, 0.1) is 22.7 Å². The van der Waals surface area contributed by atoms with Crippen molar-refractivity contribution in [3.05, 3.63) is 96.1 Å². The Morgan fingerprint density at radius 3 is 2.24 bits per heavy atom. The zero-order chi connectivity index (χ0) is 23.7. The van der Waals surface area contributed by atoms with E-state index in [1.807, 2.05) is 43.3 Å². The largest absolute Gasteiger partial charge is 0.452 e. The second-order valence-electron chi connectivity index (χ2n) is 7.29. The van der Waals surface area contributed by atoms with Crippen molar-refractivity contribution in [3.63, 3.8) is 0 Å². The Morgan fingerprint density at radius 2 is 1.58 bits per heavy atom. The SMILES string of the molecule is CCCNC(=O)COC(=O)c1cccc(S(=O)(=O)N(Cc2ccccc2)c2ccccc2)c1. The van der Waals surface area contributed by atoms with E-state index in [1.165, 1.54) is 28.6 Å². The zero-order valence-electron chi connectivity index (χ0n) is 18.3. The minimum absolute atomic E-state index is 0.0482. The predicted octanol–water partition coefficient (Wildman–Crippen LogP) is 3.77. The Morgan fingerprint density at radius 1 is 0.909 bits per heavy atom. The number of amides is 1. The standard InChI is InChI=1S/C25H26N2O5S/c1-2-16-26-24(28)19-32-25(29)21-12-9-15-23(17-21)33(30,31)27(22-13-7-4-8-14-22)18-20-10-5-3-6-11-20/h3-15,17H,2,16,18-19H2,1H3,(H,26,28). The van der Waals surface area contributed by atoms with Crippen LogP contribution in [0, 0.1) is 0 Å². The van der Waals surface area contributed by atoms with Crippen LogP contribution in [0.4, 0.5) is 5.69 Å². The first-order valence-corrected chi connectivity index (χ1v) is 12.0. The highest BCUT2D eigenvalue weighted by molar-refractivity contribution is 7.92. The van der Waals surface area contributed by atoms with Gasteiger partial charge in [0.1, 0.15) is 0 Å². The first-order valence-electron chi connectivity index (χ1n) is 10.6. The van der Waals surface area contributed by atoms with E-state index in [2.05, 4.69) is 5.32 Å². The van der Waals surface area contributed by atoms with Gasteiger partial charge in [-0.3, -0.25) is 9.10 Å². The van der Waals surface area contributed by atoms with E-state index < -0.39 is 28.5 Å². The van der Waals surface area contributed by atoms with Gasteiger partial charge in [-0.15, -0.1) is 0 Å². The first-order chi connectivity index (χ1) is 15.9. The molecular weight excluding hydrogens is 440 g/mol. The van der Waals surface area contributed by atoms with Crippen molar-refractivity contribution in [3.8, 4) is 0 Å². The van der Waals surface area contributed by atoms with Crippen molar-refractivity contribution >= 4 is 27.6 Å². The average Bonchev–Trinajstić information content (AvgIpc) is 2.85. The number of hydrogen-bond donors (Lipinski definition) is 1. The molecule has 33 heavy (non-hydrogen) atoms. The minimum atomic E-state index is -4.01. The van der Waals surface area contributed by atoms with Crippen molar-refractivity contribution in [2.45, 2.75) is 24.8 Å². The Balaban J connectivity index is 1.86. The maximum atomic E-state index is 13.6. The van der Waals surface area contributed by atoms with Crippen LogP contribution in [0.3, 0.4) is 0 Å². The van der Waals surface area contributed by atoms with Crippen molar-refractivity contribution < 1.29 is 22.7 Å². The quantitative estimate of drug-likeness (QED) is 0.459. The highest BCUT2D eigenvalue weighted by Crippen LogP contribution is 2.26. The Labute approximate surface area is 194 Å². The van der Waals surface area contributed by atoms with Gasteiger partial charge in [-0.25, -0.2) is 13.2 Å². The van der Waals surface area contributed by atoms with Crippen LogP contribution in [0.2, 0.25) is 0 Å². The number of nitrogens with zero attached hydrogens (tertiary/aromatic N) is 1. The number of hydrogen-bond acceptors (Lipinski definition) is 5. The van der Waals surface area contributed by atoms with Gasteiger partial charge in [-0.1, -0.05) is 61.5 Å². The van der Waals surface area contributed by atoms with Crippen LogP contribution in [-0.2, 0) is 26.1 Å². The predicted molar refractivity (Wildman–Crippen MR) is 126 cm³/mol. The van der Waals surface area contributed by atoms with Crippen LogP contribution < -0.4 is 9.62 Å². The van der Waals surface area contributed by atoms with Gasteiger partial charge in [-0.2, -0.15) is 0 Å². The van der Waals surface area contributed by atoms with Crippen molar-refractivity contribution in [1.29, 1.82) is 0 Å². The summed E-state index contributed by atoms with van der Waals surface area (Å²) in [6.07, 6.45) is 0.764. The number of anilines is 1. The number of sulfonamides is 1. The molecule has 3 aromatic carbocycles. The lowest BCUT2D eigenvalue weighted by Gasteiger charge is -2.25. The van der Waals surface area contributed by atoms with Crippen LogP contribution in [0.25, 0.3) is 0 Å². The van der Waals surface area contributed by atoms with E-state index in [1.54, 1.807) is 24.3 Å². The molecule has 3 rings (SSSR count). The van der Waals surface area contributed by atoms with Crippen molar-refractivity contribution in [1.82, 2.24) is 5.32 Å². The summed E-state index contributed by atoms with van der Waals surface area (Å²) >= 11 is 0. The fourth-order valence-electron chi connectivity index (χ4n) is 3.10. The topological polar surface area (TPSA) is 92.8 Å². The fourth-order valence-corrected chi connectivity index (χ4v) is 4.60. The van der Waals surface area contributed by atoms with Gasteiger partial charge < -0.3 is 10.1 Å². The monoisotopic (exact) mass is 466 g/mol. The number of carbonyl (C=O) groups is 2. The molecule has 172 valence electrons. The molecule has 0 aliphatic carbocycles. The Kier molecular flexibility index (Phi) is 8.21. The van der Waals surface area contributed by atoms with Gasteiger partial charge in [0.2, 0.25) is 0 Å². The molecule has 0 saturated heterocycles. The van der Waals surface area contributed by atoms with Crippen LogP contribution in [0.1, 0.15) is 29.3 Å². The van der Waals surface area contributed by atoms with Crippen LogP contribution in [0.15, 0.2) is 89.8 Å². The number of para-hydroxylation sites is 1. The second-order valence-corrected chi connectivity index (χ2v) is 9.15. The molecule has 0 aliphatic rings. The van der Waals surface area contributed by atoms with Gasteiger partial charge in [0.15, 0.2) is 6.61 Å². The molecule has 0 fully saturated rings. The third-order valence-corrected chi connectivity index (χ3v) is 6.55. The summed E-state index contributed by atoms with van der Waals surface area (Å²) in [4.78, 5) is 24.1. The summed E-state index contributed by atoms with van der Waals surface area (Å²) in [6, 6.07) is 23.7. The van der Waals surface area contributed by atoms with Gasteiger partial charge in [0.25, 0.3) is 15.9 Å². The maximum absolute atomic E-state index is 13.6. The Hall–Kier alpha value is -3.65. The molecule has 0 unspecified atom stereocenters. The van der Waals surface area contributed by atoms with E-state index in [0.29, 0.717) is 12.2 Å². The summed E-state index contributed by atoms with van der Waals surface area (Å²) in [7, 11) is -4.01. The highest BCUT2D eigenvalue weighted by Gasteiger charge is 2.26. The maximum Gasteiger partial charge on any atom is 0.338 e. The molecule has 0 radical (unpaired) electrons. The van der Waals surface area contributed by atoms with Gasteiger partial charge >= 0.3 is 5.97 Å². The summed E-state index contributed by atoms with van der Waals surface area (Å²) in [6.45, 7) is 2.09. The number of esters is 1. The minimum Gasteiger partial charge on any atom is -0.452 e. The lowest BCUT2D eigenvalue weighted by atomic mass is 10.2. The third-order valence-electron chi connectivity index (χ3n) is 4.78. The third kappa shape index (κ3) is 6.43. The average molecular weight is 467 g/mol. The van der Waals surface area contributed by atoms with Gasteiger partial charge in [-0.05, 0) is 42.3 Å². The van der Waals surface area contributed by atoms with E-state index in [9.17, 15) is 18.0 Å². The molecule has 0 saturated carbocycles. The zero-order valence-corrected chi connectivity index (χ0v) is 19.1. The summed E-state index contributed by atoms with van der Waals surface area (Å²) in [5, 5.41) is 2.61. The molecular formula is C25H26N2O5S. The van der Waals surface area contributed by atoms with E-state index in [4.69, 9.17) is 4.74 Å². The molecule has 1 amide bonds. The molecule has 0 atom stereocenters. The smallest absolute Gasteiger partial charge is 0.338 e. The number of rotatable bonds is 10. The second kappa shape index (κ2) is 11.3. The van der Waals surface area contributed by atoms with E-state index in [0.717, 1.165) is 12.0 Å². The number of ether oxygens (including phenoxy) is 1. The number of carbonyl (C=O) groups excluding carboxylic acids is 2. The molecule has 0 aliphatic heterocycles. The number of benzene rings is 3. The van der Waals surface area contributed by atoms with E-state index in [-0.39, 0.29) is 17.0 Å². The lowest BCUT2D eigenvalue weighted by Crippen LogP contribution is -2.31. The van der Waals surface area contributed by atoms with Crippen LogP contribution >= 0.6 is 0 Å². The summed E-state index contributed by atoms with van der Waals surface area (Å²) in [5.41, 5.74) is 1.37. The highest BCUT2D eigenvalue weighted by atomic mass is 32.2. The molecule has 0 heterocycles. The molecule has 3 aromatic rings. The normalized spacial score (nSPS) is 10.9. The molecule has 0 aromatic heterocycles. The van der Waals surface area contributed by atoms with Gasteiger partial charge in [0, 0.05) is 6.54 Å².